The third-order valence-corrected chi connectivity index (χ3v) is 4.23. The van der Waals surface area contributed by atoms with Crippen molar-refractivity contribution < 1.29 is 4.79 Å². The Morgan fingerprint density at radius 3 is 2.52 bits per heavy atom. The van der Waals surface area contributed by atoms with Gasteiger partial charge in [0.05, 0.1) is 11.4 Å². The van der Waals surface area contributed by atoms with E-state index in [1.54, 1.807) is 24.3 Å². The van der Waals surface area contributed by atoms with Crippen molar-refractivity contribution in [1.29, 1.82) is 0 Å². The molecule has 0 aliphatic heterocycles. The van der Waals surface area contributed by atoms with E-state index in [1.807, 2.05) is 44.2 Å². The smallest absolute Gasteiger partial charge is 0.278 e. The summed E-state index contributed by atoms with van der Waals surface area (Å²) >= 11 is 0. The normalized spacial score (nSPS) is 13.4. The number of carbonyl (C=O) groups excluding carboxylic acids is 1. The molecular weight excluding hydrogens is 316 g/mol. The van der Waals surface area contributed by atoms with Crippen molar-refractivity contribution in [3.8, 4) is 0 Å². The third kappa shape index (κ3) is 3.42. The van der Waals surface area contributed by atoms with Gasteiger partial charge < -0.3 is 5.32 Å². The number of hydrogen-bond acceptors (Lipinski definition) is 4. The largest absolute Gasteiger partial charge is 0.348 e. The van der Waals surface area contributed by atoms with E-state index < -0.39 is 6.04 Å². The highest BCUT2D eigenvalue weighted by molar-refractivity contribution is 5.81. The molecule has 6 nitrogen and oxygen atoms in total. The monoisotopic (exact) mass is 336 g/mol. The van der Waals surface area contributed by atoms with Gasteiger partial charge in [0.2, 0.25) is 5.91 Å². The van der Waals surface area contributed by atoms with Crippen LogP contribution in [0.5, 0.6) is 0 Å². The third-order valence-electron chi connectivity index (χ3n) is 4.23. The molecule has 3 aromatic rings. The van der Waals surface area contributed by atoms with Crippen molar-refractivity contribution in [2.24, 2.45) is 0 Å². The summed E-state index contributed by atoms with van der Waals surface area (Å²) in [7, 11) is 0. The fourth-order valence-electron chi connectivity index (χ4n) is 2.81. The summed E-state index contributed by atoms with van der Waals surface area (Å²) in [5.74, 6) is -0.245. The molecule has 1 N–H and O–H groups in total. The first kappa shape index (κ1) is 16.8. The molecular formula is C19H20N4O2. The molecule has 25 heavy (non-hydrogen) atoms. The Balaban J connectivity index is 1.88. The zero-order chi connectivity index (χ0) is 17.8. The van der Waals surface area contributed by atoms with Crippen LogP contribution in [0.25, 0.3) is 10.9 Å². The molecule has 2 atom stereocenters. The number of amides is 1. The maximum absolute atomic E-state index is 12.7. The molecule has 3 rings (SSSR count). The first-order valence-electron chi connectivity index (χ1n) is 8.31. The highest BCUT2D eigenvalue weighted by Gasteiger charge is 2.23. The van der Waals surface area contributed by atoms with Crippen molar-refractivity contribution >= 4 is 16.8 Å². The van der Waals surface area contributed by atoms with Crippen LogP contribution in [0.2, 0.25) is 0 Å². The lowest BCUT2D eigenvalue weighted by Gasteiger charge is -2.20. The molecule has 0 aliphatic carbocycles. The number of nitrogens with one attached hydrogen (secondary N) is 1. The minimum atomic E-state index is -0.698. The number of aromatic nitrogens is 3. The summed E-state index contributed by atoms with van der Waals surface area (Å²) in [5.41, 5.74) is 1.22. The van der Waals surface area contributed by atoms with E-state index >= 15 is 0 Å². The Kier molecular flexibility index (Phi) is 4.88. The van der Waals surface area contributed by atoms with Gasteiger partial charge >= 0.3 is 0 Å². The second-order valence-corrected chi connectivity index (χ2v) is 5.92. The second-order valence-electron chi connectivity index (χ2n) is 5.92. The molecule has 0 bridgehead atoms. The Hall–Kier alpha value is -3.02. The minimum Gasteiger partial charge on any atom is -0.348 e. The molecule has 0 saturated heterocycles. The van der Waals surface area contributed by atoms with Crippen LogP contribution in [0.4, 0.5) is 0 Å². The van der Waals surface area contributed by atoms with E-state index in [0.29, 0.717) is 17.3 Å². The average molecular weight is 336 g/mol. The van der Waals surface area contributed by atoms with Crippen molar-refractivity contribution in [2.45, 2.75) is 32.4 Å². The lowest BCUT2D eigenvalue weighted by molar-refractivity contribution is -0.125. The van der Waals surface area contributed by atoms with Crippen LogP contribution in [0.1, 0.15) is 37.9 Å². The van der Waals surface area contributed by atoms with Gasteiger partial charge in [-0.15, -0.1) is 5.10 Å². The van der Waals surface area contributed by atoms with Gasteiger partial charge in [0.25, 0.3) is 5.56 Å². The lowest BCUT2D eigenvalue weighted by Crippen LogP contribution is -2.39. The Labute approximate surface area is 145 Å². The zero-order valence-electron chi connectivity index (χ0n) is 14.2. The maximum atomic E-state index is 12.7. The van der Waals surface area contributed by atoms with Gasteiger partial charge in [-0.05, 0) is 31.0 Å². The summed E-state index contributed by atoms with van der Waals surface area (Å²) in [6.45, 7) is 3.76. The molecule has 0 aliphatic rings. The molecule has 0 fully saturated rings. The van der Waals surface area contributed by atoms with Crippen molar-refractivity contribution in [2.75, 3.05) is 0 Å². The van der Waals surface area contributed by atoms with Gasteiger partial charge in [-0.3, -0.25) is 9.59 Å². The second kappa shape index (κ2) is 7.25. The molecule has 1 heterocycles. The SMILES string of the molecule is CCC(C(=O)NC(C)c1ccccc1)n1nnc2ccccc2c1=O. The van der Waals surface area contributed by atoms with Crippen LogP contribution >= 0.6 is 0 Å². The van der Waals surface area contributed by atoms with Gasteiger partial charge in [-0.25, -0.2) is 0 Å². The van der Waals surface area contributed by atoms with E-state index in [2.05, 4.69) is 15.6 Å². The summed E-state index contributed by atoms with van der Waals surface area (Å²) in [5, 5.41) is 11.4. The van der Waals surface area contributed by atoms with E-state index in [4.69, 9.17) is 0 Å². The van der Waals surface area contributed by atoms with Gasteiger partial charge in [-0.1, -0.05) is 54.6 Å². The molecule has 0 saturated carbocycles. The van der Waals surface area contributed by atoms with Crippen molar-refractivity contribution in [3.63, 3.8) is 0 Å². The predicted octanol–water partition coefficient (Wildman–Crippen LogP) is 2.62. The number of hydrogen-bond donors (Lipinski definition) is 1. The number of fused-ring (bicyclic) bond motifs is 1. The zero-order valence-corrected chi connectivity index (χ0v) is 14.2. The molecule has 0 spiro atoms. The van der Waals surface area contributed by atoms with Crippen LogP contribution in [0.3, 0.4) is 0 Å². The van der Waals surface area contributed by atoms with E-state index in [9.17, 15) is 9.59 Å². The predicted molar refractivity (Wildman–Crippen MR) is 96.1 cm³/mol. The van der Waals surface area contributed by atoms with Crippen LogP contribution in [0.15, 0.2) is 59.4 Å². The highest BCUT2D eigenvalue weighted by atomic mass is 16.2. The molecule has 2 aromatic carbocycles. The van der Waals surface area contributed by atoms with E-state index in [0.717, 1.165) is 5.56 Å². The number of carbonyl (C=O) groups is 1. The molecule has 2 unspecified atom stereocenters. The summed E-state index contributed by atoms with van der Waals surface area (Å²) in [6.07, 6.45) is 0.445. The van der Waals surface area contributed by atoms with Gasteiger partial charge in [0.1, 0.15) is 11.6 Å². The lowest BCUT2D eigenvalue weighted by atomic mass is 10.1. The molecule has 1 aromatic heterocycles. The fraction of sp³-hybridized carbons (Fsp3) is 0.263. The molecule has 6 heteroatoms. The number of nitrogens with zero attached hydrogens (tertiary/aromatic N) is 3. The summed E-state index contributed by atoms with van der Waals surface area (Å²) in [6, 6.07) is 15.8. The standard InChI is InChI=1S/C19H20N4O2/c1-3-17(18(24)20-13(2)14-9-5-4-6-10-14)23-19(25)15-11-7-8-12-16(15)21-22-23/h4-13,17H,3H2,1-2H3,(H,20,24). The Bertz CT molecular complexity index is 937. The molecule has 128 valence electrons. The quantitative estimate of drug-likeness (QED) is 0.777. The molecule has 1 amide bonds. The van der Waals surface area contributed by atoms with Crippen LogP contribution in [-0.2, 0) is 4.79 Å². The van der Waals surface area contributed by atoms with Gasteiger partial charge in [-0.2, -0.15) is 4.68 Å². The van der Waals surface area contributed by atoms with E-state index in [-0.39, 0.29) is 17.5 Å². The summed E-state index contributed by atoms with van der Waals surface area (Å²) < 4.78 is 1.18. The highest BCUT2D eigenvalue weighted by Crippen LogP contribution is 2.15. The molecule has 0 radical (unpaired) electrons. The van der Waals surface area contributed by atoms with Gasteiger partial charge in [0, 0.05) is 0 Å². The first-order chi connectivity index (χ1) is 12.1. The fourth-order valence-corrected chi connectivity index (χ4v) is 2.81. The number of benzene rings is 2. The van der Waals surface area contributed by atoms with Crippen molar-refractivity contribution in [1.82, 2.24) is 20.3 Å². The maximum Gasteiger partial charge on any atom is 0.278 e. The average Bonchev–Trinajstić information content (AvgIpc) is 2.65. The van der Waals surface area contributed by atoms with Crippen LogP contribution in [-0.4, -0.2) is 20.9 Å². The van der Waals surface area contributed by atoms with Gasteiger partial charge in [0.15, 0.2) is 0 Å². The van der Waals surface area contributed by atoms with E-state index in [1.165, 1.54) is 4.68 Å². The van der Waals surface area contributed by atoms with Crippen LogP contribution in [0, 0.1) is 0 Å². The Morgan fingerprint density at radius 1 is 1.12 bits per heavy atom. The summed E-state index contributed by atoms with van der Waals surface area (Å²) in [4.78, 5) is 25.4. The Morgan fingerprint density at radius 2 is 1.80 bits per heavy atom. The first-order valence-corrected chi connectivity index (χ1v) is 8.31. The van der Waals surface area contributed by atoms with Crippen LogP contribution < -0.4 is 10.9 Å². The topological polar surface area (TPSA) is 76.9 Å². The number of rotatable bonds is 5. The minimum absolute atomic E-state index is 0.160. The van der Waals surface area contributed by atoms with Crippen molar-refractivity contribution in [3.05, 3.63) is 70.5 Å².